The van der Waals surface area contributed by atoms with Gasteiger partial charge in [0, 0.05) is 25.4 Å². The first-order valence-corrected chi connectivity index (χ1v) is 5.87. The number of hydrogen-bond acceptors (Lipinski definition) is 4. The summed E-state index contributed by atoms with van der Waals surface area (Å²) in [6.07, 6.45) is 0. The highest BCUT2D eigenvalue weighted by atomic mass is 16.5. The molecule has 0 unspecified atom stereocenters. The summed E-state index contributed by atoms with van der Waals surface area (Å²) in [6, 6.07) is 4.31. The molecule has 0 spiro atoms. The molecule has 4 N–H and O–H groups in total. The largest absolute Gasteiger partial charge is 0.383 e. The number of methoxy groups -OCH3 is 1. The van der Waals surface area contributed by atoms with Gasteiger partial charge in [-0.25, -0.2) is 0 Å². The second-order valence-electron chi connectivity index (χ2n) is 4.16. The third-order valence-electron chi connectivity index (χ3n) is 2.66. The lowest BCUT2D eigenvalue weighted by Gasteiger charge is -2.13. The Hall–Kier alpha value is -1.92. The maximum atomic E-state index is 11.7. The molecule has 1 aromatic rings. The van der Waals surface area contributed by atoms with Gasteiger partial charge in [-0.2, -0.15) is 0 Å². The number of hydrogen-bond donors (Lipinski definition) is 3. The normalized spacial score (nSPS) is 11.8. The number of ether oxygens (including phenoxy) is 1. The Balaban J connectivity index is 2.80. The van der Waals surface area contributed by atoms with Gasteiger partial charge in [-0.1, -0.05) is 0 Å². The van der Waals surface area contributed by atoms with Crippen molar-refractivity contribution in [1.82, 2.24) is 5.32 Å². The van der Waals surface area contributed by atoms with Gasteiger partial charge in [-0.15, -0.1) is 0 Å². The zero-order valence-corrected chi connectivity index (χ0v) is 11.3. The molecule has 104 valence electrons. The summed E-state index contributed by atoms with van der Waals surface area (Å²) in [5.41, 5.74) is 7.58. The van der Waals surface area contributed by atoms with Crippen molar-refractivity contribution in [3.63, 3.8) is 0 Å². The Morgan fingerprint density at radius 2 is 2.11 bits per heavy atom. The van der Waals surface area contributed by atoms with Crippen LogP contribution in [0.25, 0.3) is 0 Å². The van der Waals surface area contributed by atoms with Crippen LogP contribution in [0.15, 0.2) is 18.2 Å². The van der Waals surface area contributed by atoms with E-state index in [2.05, 4.69) is 10.6 Å². The van der Waals surface area contributed by atoms with E-state index in [4.69, 9.17) is 10.5 Å². The molecule has 1 rings (SSSR count). The van der Waals surface area contributed by atoms with Crippen molar-refractivity contribution in [2.24, 2.45) is 5.73 Å². The number of anilines is 1. The quantitative estimate of drug-likeness (QED) is 0.712. The fourth-order valence-corrected chi connectivity index (χ4v) is 1.57. The predicted octanol–water partition coefficient (Wildman–Crippen LogP) is 0.267. The molecule has 1 atom stereocenters. The van der Waals surface area contributed by atoms with Gasteiger partial charge in [0.1, 0.15) is 6.04 Å². The molecule has 0 aliphatic carbocycles. The summed E-state index contributed by atoms with van der Waals surface area (Å²) in [5, 5.41) is 5.24. The van der Waals surface area contributed by atoms with Crippen molar-refractivity contribution in [2.75, 3.05) is 26.1 Å². The summed E-state index contributed by atoms with van der Waals surface area (Å²) in [7, 11) is 3.05. The average Bonchev–Trinajstić information content (AvgIpc) is 2.40. The molecule has 0 fully saturated rings. The highest BCUT2D eigenvalue weighted by Gasteiger charge is 2.14. The highest BCUT2D eigenvalue weighted by Crippen LogP contribution is 2.16. The van der Waals surface area contributed by atoms with Crippen molar-refractivity contribution in [2.45, 2.75) is 13.0 Å². The van der Waals surface area contributed by atoms with Gasteiger partial charge < -0.3 is 21.1 Å². The van der Waals surface area contributed by atoms with Crippen molar-refractivity contribution in [3.8, 4) is 0 Å². The Morgan fingerprint density at radius 1 is 1.42 bits per heavy atom. The fraction of sp³-hybridized carbons (Fsp3) is 0.385. The third kappa shape index (κ3) is 4.04. The zero-order chi connectivity index (χ0) is 14.4. The smallest absolute Gasteiger partial charge is 0.251 e. The number of carbonyl (C=O) groups is 2. The summed E-state index contributed by atoms with van der Waals surface area (Å²) in [5.74, 6) is -0.491. The molecule has 2 amide bonds. The van der Waals surface area contributed by atoms with Crippen molar-refractivity contribution in [1.29, 1.82) is 0 Å². The molecular formula is C13H19N3O3. The van der Waals surface area contributed by atoms with Crippen LogP contribution in [0.5, 0.6) is 0 Å². The number of amides is 2. The zero-order valence-electron chi connectivity index (χ0n) is 11.3. The predicted molar refractivity (Wildman–Crippen MR) is 73.1 cm³/mol. The van der Waals surface area contributed by atoms with E-state index in [1.54, 1.807) is 25.2 Å². The van der Waals surface area contributed by atoms with E-state index in [1.165, 1.54) is 7.11 Å². The number of rotatable bonds is 5. The Labute approximate surface area is 112 Å². The number of carbonyl (C=O) groups excluding carboxylic acids is 2. The summed E-state index contributed by atoms with van der Waals surface area (Å²) < 4.78 is 4.82. The molecule has 0 saturated carbocycles. The van der Waals surface area contributed by atoms with Crippen LogP contribution in [-0.2, 0) is 9.53 Å². The van der Waals surface area contributed by atoms with Crippen LogP contribution in [0.2, 0.25) is 0 Å². The van der Waals surface area contributed by atoms with Gasteiger partial charge in [0.25, 0.3) is 5.91 Å². The maximum Gasteiger partial charge on any atom is 0.251 e. The van der Waals surface area contributed by atoms with Gasteiger partial charge >= 0.3 is 0 Å². The number of nitrogens with one attached hydrogen (secondary N) is 2. The molecule has 0 heterocycles. The average molecular weight is 265 g/mol. The first-order chi connectivity index (χ1) is 8.99. The van der Waals surface area contributed by atoms with Crippen LogP contribution in [0.3, 0.4) is 0 Å². The van der Waals surface area contributed by atoms with Gasteiger partial charge in [-0.3, -0.25) is 9.59 Å². The van der Waals surface area contributed by atoms with E-state index in [0.717, 1.165) is 5.56 Å². The van der Waals surface area contributed by atoms with E-state index in [1.807, 2.05) is 6.92 Å². The van der Waals surface area contributed by atoms with Crippen molar-refractivity contribution < 1.29 is 14.3 Å². The van der Waals surface area contributed by atoms with Crippen molar-refractivity contribution in [3.05, 3.63) is 29.3 Å². The van der Waals surface area contributed by atoms with E-state index < -0.39 is 6.04 Å². The lowest BCUT2D eigenvalue weighted by molar-refractivity contribution is -0.118. The topological polar surface area (TPSA) is 93.5 Å². The molecule has 0 aliphatic heterocycles. The first kappa shape index (κ1) is 15.1. The molecule has 6 nitrogen and oxygen atoms in total. The van der Waals surface area contributed by atoms with Crippen LogP contribution in [-0.4, -0.2) is 38.6 Å². The van der Waals surface area contributed by atoms with E-state index in [0.29, 0.717) is 11.3 Å². The summed E-state index contributed by atoms with van der Waals surface area (Å²) >= 11 is 0. The van der Waals surface area contributed by atoms with Crippen LogP contribution in [0.1, 0.15) is 15.9 Å². The summed E-state index contributed by atoms with van der Waals surface area (Å²) in [4.78, 5) is 23.2. The van der Waals surface area contributed by atoms with Gasteiger partial charge in [-0.05, 0) is 30.7 Å². The monoisotopic (exact) mass is 265 g/mol. The van der Waals surface area contributed by atoms with Crippen LogP contribution < -0.4 is 16.4 Å². The maximum absolute atomic E-state index is 11.7. The van der Waals surface area contributed by atoms with Gasteiger partial charge in [0.2, 0.25) is 5.91 Å². The molecule has 0 aliphatic rings. The molecular weight excluding hydrogens is 246 g/mol. The number of nitrogens with two attached hydrogens (primary N) is 1. The standard InChI is InChI=1S/C13H19N3O3/c1-8-6-9(12(17)15-2)4-5-11(8)16-13(18)10(14)7-19-3/h4-6,10H,7,14H2,1-3H3,(H,15,17)(H,16,18)/t10-/m0/s1. The number of aryl methyl sites for hydroxylation is 1. The van der Waals surface area contributed by atoms with Crippen molar-refractivity contribution >= 4 is 17.5 Å². The Kier molecular flexibility index (Phi) is 5.47. The Bertz CT molecular complexity index is 474. The lowest BCUT2D eigenvalue weighted by atomic mass is 10.1. The van der Waals surface area contributed by atoms with E-state index >= 15 is 0 Å². The van der Waals surface area contributed by atoms with E-state index in [9.17, 15) is 9.59 Å². The van der Waals surface area contributed by atoms with Crippen LogP contribution in [0.4, 0.5) is 5.69 Å². The molecule has 1 aromatic carbocycles. The number of benzene rings is 1. The molecule has 0 bridgehead atoms. The lowest BCUT2D eigenvalue weighted by Crippen LogP contribution is -2.39. The Morgan fingerprint density at radius 3 is 2.63 bits per heavy atom. The van der Waals surface area contributed by atoms with Gasteiger partial charge in [0.15, 0.2) is 0 Å². The first-order valence-electron chi connectivity index (χ1n) is 5.87. The van der Waals surface area contributed by atoms with Crippen LogP contribution >= 0.6 is 0 Å². The second-order valence-corrected chi connectivity index (χ2v) is 4.16. The minimum atomic E-state index is -0.719. The molecule has 0 saturated heterocycles. The molecule has 0 radical (unpaired) electrons. The minimum Gasteiger partial charge on any atom is -0.383 e. The minimum absolute atomic E-state index is 0.154. The van der Waals surface area contributed by atoms with E-state index in [-0.39, 0.29) is 18.4 Å². The SMILES string of the molecule is CNC(=O)c1ccc(NC(=O)[C@@H](N)COC)c(C)c1. The molecule has 0 aromatic heterocycles. The van der Waals surface area contributed by atoms with Gasteiger partial charge in [0.05, 0.1) is 6.61 Å². The highest BCUT2D eigenvalue weighted by molar-refractivity contribution is 5.97. The third-order valence-corrected chi connectivity index (χ3v) is 2.66. The van der Waals surface area contributed by atoms with Crippen LogP contribution in [0, 0.1) is 6.92 Å². The summed E-state index contributed by atoms with van der Waals surface area (Å²) in [6.45, 7) is 1.96. The fourth-order valence-electron chi connectivity index (χ4n) is 1.57. The molecule has 6 heteroatoms. The molecule has 19 heavy (non-hydrogen) atoms. The second kappa shape index (κ2) is 6.86.